The Morgan fingerprint density at radius 2 is 2.12 bits per heavy atom. The number of carbonyl (C=O) groups is 1. The zero-order valence-corrected chi connectivity index (χ0v) is 11.1. The summed E-state index contributed by atoms with van der Waals surface area (Å²) < 4.78 is 5.38. The molecule has 1 atom stereocenters. The van der Waals surface area contributed by atoms with E-state index in [9.17, 15) is 4.79 Å². The molecule has 16 heavy (non-hydrogen) atoms. The smallest absolute Gasteiger partial charge is 0.313 e. The van der Waals surface area contributed by atoms with Gasteiger partial charge in [-0.2, -0.15) is 0 Å². The molecular weight excluding hydrogens is 202 g/mol. The van der Waals surface area contributed by atoms with Crippen LogP contribution in [0.4, 0.5) is 0 Å². The van der Waals surface area contributed by atoms with E-state index in [4.69, 9.17) is 4.74 Å². The summed E-state index contributed by atoms with van der Waals surface area (Å²) in [4.78, 5) is 11.9. The van der Waals surface area contributed by atoms with E-state index in [-0.39, 0.29) is 16.8 Å². The Morgan fingerprint density at radius 1 is 1.44 bits per heavy atom. The third kappa shape index (κ3) is 4.12. The van der Waals surface area contributed by atoms with Crippen molar-refractivity contribution < 1.29 is 9.53 Å². The van der Waals surface area contributed by atoms with Crippen LogP contribution >= 0.6 is 0 Å². The van der Waals surface area contributed by atoms with Gasteiger partial charge in [0.05, 0.1) is 12.0 Å². The van der Waals surface area contributed by atoms with Crippen molar-refractivity contribution in [3.8, 4) is 0 Å². The first kappa shape index (κ1) is 13.5. The Balaban J connectivity index is 2.34. The third-order valence-electron chi connectivity index (χ3n) is 3.18. The number of esters is 1. The number of nitrogens with one attached hydrogen (secondary N) is 1. The topological polar surface area (TPSA) is 38.3 Å². The molecule has 1 rings (SSSR count). The molecule has 0 bridgehead atoms. The molecule has 1 heterocycles. The second-order valence-corrected chi connectivity index (χ2v) is 6.29. The molecule has 3 heteroatoms. The average molecular weight is 227 g/mol. The molecule has 0 radical (unpaired) electrons. The fourth-order valence-electron chi connectivity index (χ4n) is 1.85. The SMILES string of the molecule is CC(C)(C)CCOC(=O)C1(C)CCCNC1. The van der Waals surface area contributed by atoms with E-state index in [1.54, 1.807) is 0 Å². The van der Waals surface area contributed by atoms with Crippen LogP contribution in [-0.4, -0.2) is 25.7 Å². The number of piperidine rings is 1. The van der Waals surface area contributed by atoms with Gasteiger partial charge in [-0.05, 0) is 38.1 Å². The highest BCUT2D eigenvalue weighted by Crippen LogP contribution is 2.27. The first-order chi connectivity index (χ1) is 7.33. The normalized spacial score (nSPS) is 26.5. The van der Waals surface area contributed by atoms with Gasteiger partial charge in [-0.15, -0.1) is 0 Å². The number of hydrogen-bond donors (Lipinski definition) is 1. The summed E-state index contributed by atoms with van der Waals surface area (Å²) in [6, 6.07) is 0. The highest BCUT2D eigenvalue weighted by molar-refractivity contribution is 5.76. The van der Waals surface area contributed by atoms with E-state index in [0.29, 0.717) is 6.61 Å². The molecule has 0 spiro atoms. The summed E-state index contributed by atoms with van der Waals surface area (Å²) in [5.41, 5.74) is -0.0812. The zero-order chi connectivity index (χ0) is 12.2. The first-order valence-corrected chi connectivity index (χ1v) is 6.21. The summed E-state index contributed by atoms with van der Waals surface area (Å²) in [6.07, 6.45) is 2.92. The Labute approximate surface area is 98.9 Å². The van der Waals surface area contributed by atoms with Crippen molar-refractivity contribution in [2.24, 2.45) is 10.8 Å². The molecule has 0 aliphatic carbocycles. The van der Waals surface area contributed by atoms with Gasteiger partial charge in [0.2, 0.25) is 0 Å². The van der Waals surface area contributed by atoms with Gasteiger partial charge in [0.25, 0.3) is 0 Å². The van der Waals surface area contributed by atoms with Crippen LogP contribution in [0.5, 0.6) is 0 Å². The maximum Gasteiger partial charge on any atom is 0.313 e. The quantitative estimate of drug-likeness (QED) is 0.752. The number of carbonyl (C=O) groups excluding carboxylic acids is 1. The second kappa shape index (κ2) is 5.17. The lowest BCUT2D eigenvalue weighted by atomic mass is 9.83. The maximum atomic E-state index is 11.9. The van der Waals surface area contributed by atoms with Crippen LogP contribution < -0.4 is 5.32 Å². The van der Waals surface area contributed by atoms with E-state index in [1.807, 2.05) is 6.92 Å². The van der Waals surface area contributed by atoms with Gasteiger partial charge < -0.3 is 10.1 Å². The molecule has 94 valence electrons. The van der Waals surface area contributed by atoms with Crippen LogP contribution in [0, 0.1) is 10.8 Å². The van der Waals surface area contributed by atoms with Gasteiger partial charge in [-0.1, -0.05) is 20.8 Å². The number of rotatable bonds is 3. The summed E-state index contributed by atoms with van der Waals surface area (Å²) >= 11 is 0. The van der Waals surface area contributed by atoms with Gasteiger partial charge in [-0.25, -0.2) is 0 Å². The average Bonchev–Trinajstić information content (AvgIpc) is 2.16. The van der Waals surface area contributed by atoms with Crippen molar-refractivity contribution >= 4 is 5.97 Å². The van der Waals surface area contributed by atoms with Crippen LogP contribution in [0.25, 0.3) is 0 Å². The van der Waals surface area contributed by atoms with Crippen molar-refractivity contribution in [2.45, 2.75) is 47.0 Å². The summed E-state index contributed by atoms with van der Waals surface area (Å²) in [5.74, 6) is -0.0380. The fourth-order valence-corrected chi connectivity index (χ4v) is 1.85. The van der Waals surface area contributed by atoms with Crippen molar-refractivity contribution in [3.63, 3.8) is 0 Å². The lowest BCUT2D eigenvalue weighted by Crippen LogP contribution is -2.44. The van der Waals surface area contributed by atoms with Crippen LogP contribution in [0.3, 0.4) is 0 Å². The molecule has 3 nitrogen and oxygen atoms in total. The predicted octanol–water partition coefficient (Wildman–Crippen LogP) is 2.36. The molecule has 1 saturated heterocycles. The molecular formula is C13H25NO2. The molecule has 1 N–H and O–H groups in total. The van der Waals surface area contributed by atoms with Crippen molar-refractivity contribution in [3.05, 3.63) is 0 Å². The van der Waals surface area contributed by atoms with E-state index >= 15 is 0 Å². The summed E-state index contributed by atoms with van der Waals surface area (Å²) in [7, 11) is 0. The Morgan fingerprint density at radius 3 is 2.62 bits per heavy atom. The van der Waals surface area contributed by atoms with E-state index in [0.717, 1.165) is 32.4 Å². The Bertz CT molecular complexity index is 237. The zero-order valence-electron chi connectivity index (χ0n) is 11.1. The van der Waals surface area contributed by atoms with Crippen LogP contribution in [0.2, 0.25) is 0 Å². The number of hydrogen-bond acceptors (Lipinski definition) is 3. The minimum absolute atomic E-state index is 0.0380. The molecule has 1 aliphatic heterocycles. The highest BCUT2D eigenvalue weighted by atomic mass is 16.5. The van der Waals surface area contributed by atoms with E-state index in [2.05, 4.69) is 26.1 Å². The fraction of sp³-hybridized carbons (Fsp3) is 0.923. The van der Waals surface area contributed by atoms with Gasteiger partial charge in [0.1, 0.15) is 0 Å². The standard InChI is InChI=1S/C13H25NO2/c1-12(2,3)7-9-16-11(15)13(4)6-5-8-14-10-13/h14H,5-10H2,1-4H3. The van der Waals surface area contributed by atoms with Crippen LogP contribution in [0.15, 0.2) is 0 Å². The number of ether oxygens (including phenoxy) is 1. The van der Waals surface area contributed by atoms with Gasteiger partial charge in [-0.3, -0.25) is 4.79 Å². The molecule has 0 aromatic heterocycles. The van der Waals surface area contributed by atoms with E-state index in [1.165, 1.54) is 0 Å². The lowest BCUT2D eigenvalue weighted by Gasteiger charge is -2.32. The molecule has 0 saturated carbocycles. The van der Waals surface area contributed by atoms with Crippen molar-refractivity contribution in [1.82, 2.24) is 5.32 Å². The predicted molar refractivity (Wildman–Crippen MR) is 65.2 cm³/mol. The van der Waals surface area contributed by atoms with Gasteiger partial charge in [0.15, 0.2) is 0 Å². The molecule has 1 fully saturated rings. The third-order valence-corrected chi connectivity index (χ3v) is 3.18. The molecule has 0 aromatic rings. The van der Waals surface area contributed by atoms with Gasteiger partial charge in [0, 0.05) is 6.54 Å². The summed E-state index contributed by atoms with van der Waals surface area (Å²) in [5, 5.41) is 3.26. The molecule has 1 unspecified atom stereocenters. The van der Waals surface area contributed by atoms with Crippen molar-refractivity contribution in [1.29, 1.82) is 0 Å². The van der Waals surface area contributed by atoms with Crippen LogP contribution in [0.1, 0.15) is 47.0 Å². The molecule has 1 aliphatic rings. The molecule has 0 aromatic carbocycles. The minimum atomic E-state index is -0.309. The second-order valence-electron chi connectivity index (χ2n) is 6.29. The Hall–Kier alpha value is -0.570. The highest BCUT2D eigenvalue weighted by Gasteiger charge is 2.36. The lowest BCUT2D eigenvalue weighted by molar-refractivity contribution is -0.156. The van der Waals surface area contributed by atoms with Crippen molar-refractivity contribution in [2.75, 3.05) is 19.7 Å². The summed E-state index contributed by atoms with van der Waals surface area (Å²) in [6.45, 7) is 10.8. The van der Waals surface area contributed by atoms with Crippen LogP contribution in [-0.2, 0) is 9.53 Å². The Kier molecular flexibility index (Phi) is 4.36. The maximum absolute atomic E-state index is 11.9. The minimum Gasteiger partial charge on any atom is -0.465 e. The first-order valence-electron chi connectivity index (χ1n) is 6.21. The molecule has 0 amide bonds. The monoisotopic (exact) mass is 227 g/mol. The van der Waals surface area contributed by atoms with Gasteiger partial charge >= 0.3 is 5.97 Å². The largest absolute Gasteiger partial charge is 0.465 e. The van der Waals surface area contributed by atoms with E-state index < -0.39 is 0 Å².